The lowest BCUT2D eigenvalue weighted by Crippen LogP contribution is -2.04. The van der Waals surface area contributed by atoms with Crippen LogP contribution in [0.3, 0.4) is 0 Å². The summed E-state index contributed by atoms with van der Waals surface area (Å²) >= 11 is 6.24. The molecule has 1 aliphatic rings. The zero-order chi connectivity index (χ0) is 9.97. The third-order valence-corrected chi connectivity index (χ3v) is 3.14. The van der Waals surface area contributed by atoms with Crippen LogP contribution in [0.25, 0.3) is 0 Å². The van der Waals surface area contributed by atoms with Crippen molar-refractivity contribution in [1.29, 1.82) is 0 Å². The van der Waals surface area contributed by atoms with Crippen LogP contribution in [0.1, 0.15) is 30.8 Å². The number of nitrogens with zero attached hydrogens (tertiary/aromatic N) is 2. The second-order valence-corrected chi connectivity index (χ2v) is 4.12. The molecule has 0 aromatic carbocycles. The number of nitrogens with two attached hydrogens (primary N) is 1. The Labute approximate surface area is 89.3 Å². The fourth-order valence-corrected chi connectivity index (χ4v) is 2.29. The van der Waals surface area contributed by atoms with Crippen LogP contribution >= 0.6 is 11.6 Å². The lowest BCUT2D eigenvalue weighted by molar-refractivity contribution is 0.634. The number of rotatable bonds is 2. The van der Waals surface area contributed by atoms with Gasteiger partial charge in [0.05, 0.1) is 5.69 Å². The molecule has 2 heterocycles. The summed E-state index contributed by atoms with van der Waals surface area (Å²) in [6, 6.07) is 0. The van der Waals surface area contributed by atoms with Crippen molar-refractivity contribution in [3.8, 4) is 0 Å². The summed E-state index contributed by atoms with van der Waals surface area (Å²) < 4.78 is 2.15. The standard InChI is InChI=1S/C10H16ClN3/c11-10-8(5-6-12)13-9-4-2-1-3-7-14(9)10/h1-7,12H2. The van der Waals surface area contributed by atoms with E-state index in [9.17, 15) is 0 Å². The van der Waals surface area contributed by atoms with E-state index in [1.54, 1.807) is 0 Å². The molecule has 0 atom stereocenters. The number of aromatic nitrogens is 2. The molecule has 1 aromatic rings. The first-order valence-electron chi connectivity index (χ1n) is 5.26. The maximum Gasteiger partial charge on any atom is 0.132 e. The quantitative estimate of drug-likeness (QED) is 0.814. The molecule has 0 saturated heterocycles. The molecule has 0 unspecified atom stereocenters. The summed E-state index contributed by atoms with van der Waals surface area (Å²) in [5.74, 6) is 1.15. The topological polar surface area (TPSA) is 43.8 Å². The van der Waals surface area contributed by atoms with Crippen molar-refractivity contribution in [2.24, 2.45) is 5.73 Å². The van der Waals surface area contributed by atoms with E-state index in [1.807, 2.05) is 0 Å². The SMILES string of the molecule is NCCc1nc2n(c1Cl)CCCCC2. The average Bonchev–Trinajstić information content (AvgIpc) is 2.41. The van der Waals surface area contributed by atoms with E-state index >= 15 is 0 Å². The van der Waals surface area contributed by atoms with Crippen LogP contribution in [0.5, 0.6) is 0 Å². The van der Waals surface area contributed by atoms with E-state index in [0.29, 0.717) is 6.54 Å². The Bertz CT molecular complexity index is 319. The van der Waals surface area contributed by atoms with Crippen molar-refractivity contribution in [2.45, 2.75) is 38.6 Å². The highest BCUT2D eigenvalue weighted by molar-refractivity contribution is 6.30. The van der Waals surface area contributed by atoms with Crippen LogP contribution in [0, 0.1) is 0 Å². The van der Waals surface area contributed by atoms with Gasteiger partial charge in [0.1, 0.15) is 11.0 Å². The van der Waals surface area contributed by atoms with E-state index in [4.69, 9.17) is 17.3 Å². The maximum absolute atomic E-state index is 6.24. The normalized spacial score (nSPS) is 16.4. The molecule has 2 N–H and O–H groups in total. The molecule has 2 rings (SSSR count). The first-order chi connectivity index (χ1) is 6.83. The number of halogens is 1. The van der Waals surface area contributed by atoms with Crippen molar-refractivity contribution < 1.29 is 0 Å². The third-order valence-electron chi connectivity index (χ3n) is 2.71. The Morgan fingerprint density at radius 1 is 1.36 bits per heavy atom. The summed E-state index contributed by atoms with van der Waals surface area (Å²) in [5.41, 5.74) is 6.49. The molecular weight excluding hydrogens is 198 g/mol. The summed E-state index contributed by atoms with van der Waals surface area (Å²) in [7, 11) is 0. The molecule has 0 radical (unpaired) electrons. The highest BCUT2D eigenvalue weighted by Gasteiger charge is 2.16. The van der Waals surface area contributed by atoms with Gasteiger partial charge in [0.15, 0.2) is 0 Å². The van der Waals surface area contributed by atoms with Gasteiger partial charge in [0.25, 0.3) is 0 Å². The molecule has 1 aliphatic heterocycles. The van der Waals surface area contributed by atoms with Crippen molar-refractivity contribution in [2.75, 3.05) is 6.54 Å². The van der Waals surface area contributed by atoms with Gasteiger partial charge in [-0.1, -0.05) is 18.0 Å². The lowest BCUT2D eigenvalue weighted by Gasteiger charge is -2.03. The van der Waals surface area contributed by atoms with Crippen molar-refractivity contribution in [3.05, 3.63) is 16.7 Å². The largest absolute Gasteiger partial charge is 0.330 e. The van der Waals surface area contributed by atoms with Gasteiger partial charge >= 0.3 is 0 Å². The predicted molar refractivity (Wildman–Crippen MR) is 57.6 cm³/mol. The molecule has 0 spiro atoms. The van der Waals surface area contributed by atoms with Crippen molar-refractivity contribution in [1.82, 2.24) is 9.55 Å². The average molecular weight is 214 g/mol. The minimum Gasteiger partial charge on any atom is -0.330 e. The van der Waals surface area contributed by atoms with E-state index in [0.717, 1.165) is 36.1 Å². The molecule has 78 valence electrons. The van der Waals surface area contributed by atoms with Gasteiger partial charge in [0.2, 0.25) is 0 Å². The zero-order valence-electron chi connectivity index (χ0n) is 8.30. The van der Waals surface area contributed by atoms with Crippen LogP contribution in [-0.4, -0.2) is 16.1 Å². The highest BCUT2D eigenvalue weighted by atomic mass is 35.5. The first-order valence-corrected chi connectivity index (χ1v) is 5.64. The molecule has 14 heavy (non-hydrogen) atoms. The molecule has 0 bridgehead atoms. The fourth-order valence-electron chi connectivity index (χ4n) is 1.98. The van der Waals surface area contributed by atoms with Crippen molar-refractivity contribution in [3.63, 3.8) is 0 Å². The van der Waals surface area contributed by atoms with Crippen LogP contribution in [-0.2, 0) is 19.4 Å². The summed E-state index contributed by atoms with van der Waals surface area (Å²) in [5, 5.41) is 0.812. The van der Waals surface area contributed by atoms with E-state index < -0.39 is 0 Å². The number of hydrogen-bond acceptors (Lipinski definition) is 2. The molecule has 0 aliphatic carbocycles. The predicted octanol–water partition coefficient (Wildman–Crippen LogP) is 1.76. The smallest absolute Gasteiger partial charge is 0.132 e. The Kier molecular flexibility index (Phi) is 3.08. The Balaban J connectivity index is 2.30. The van der Waals surface area contributed by atoms with Gasteiger partial charge in [-0.05, 0) is 19.4 Å². The summed E-state index contributed by atoms with van der Waals surface area (Å²) in [6.07, 6.45) is 5.58. The number of aryl methyl sites for hydroxylation is 1. The van der Waals surface area contributed by atoms with E-state index in [-0.39, 0.29) is 0 Å². The number of fused-ring (bicyclic) bond motifs is 1. The number of imidazole rings is 1. The number of hydrogen-bond donors (Lipinski definition) is 1. The molecular formula is C10H16ClN3. The molecule has 0 amide bonds. The van der Waals surface area contributed by atoms with Gasteiger partial charge in [-0.25, -0.2) is 4.98 Å². The van der Waals surface area contributed by atoms with Crippen molar-refractivity contribution >= 4 is 11.6 Å². The van der Waals surface area contributed by atoms with Gasteiger partial charge in [-0.2, -0.15) is 0 Å². The zero-order valence-corrected chi connectivity index (χ0v) is 9.06. The third kappa shape index (κ3) is 1.79. The second-order valence-electron chi connectivity index (χ2n) is 3.77. The maximum atomic E-state index is 6.24. The van der Waals surface area contributed by atoms with E-state index in [1.165, 1.54) is 19.3 Å². The first kappa shape index (κ1) is 9.99. The molecule has 0 saturated carbocycles. The Hall–Kier alpha value is -0.540. The molecule has 3 nitrogen and oxygen atoms in total. The highest BCUT2D eigenvalue weighted by Crippen LogP contribution is 2.23. The molecule has 4 heteroatoms. The molecule has 0 fully saturated rings. The second kappa shape index (κ2) is 4.32. The van der Waals surface area contributed by atoms with Gasteiger partial charge in [-0.3, -0.25) is 0 Å². The Morgan fingerprint density at radius 2 is 2.21 bits per heavy atom. The summed E-state index contributed by atoms with van der Waals surface area (Å²) in [6.45, 7) is 1.64. The van der Waals surface area contributed by atoms with Gasteiger partial charge < -0.3 is 10.3 Å². The summed E-state index contributed by atoms with van der Waals surface area (Å²) in [4.78, 5) is 4.55. The van der Waals surface area contributed by atoms with Gasteiger partial charge in [0, 0.05) is 19.4 Å². The van der Waals surface area contributed by atoms with Crippen LogP contribution in [0.4, 0.5) is 0 Å². The van der Waals surface area contributed by atoms with E-state index in [2.05, 4.69) is 9.55 Å². The minimum absolute atomic E-state index is 0.621. The molecule has 1 aromatic heterocycles. The Morgan fingerprint density at radius 3 is 3.00 bits per heavy atom. The minimum atomic E-state index is 0.621. The van der Waals surface area contributed by atoms with Crippen LogP contribution < -0.4 is 5.73 Å². The lowest BCUT2D eigenvalue weighted by atomic mass is 10.2. The van der Waals surface area contributed by atoms with Gasteiger partial charge in [-0.15, -0.1) is 0 Å². The monoisotopic (exact) mass is 213 g/mol. The van der Waals surface area contributed by atoms with Crippen LogP contribution in [0.2, 0.25) is 5.15 Å². The fraction of sp³-hybridized carbons (Fsp3) is 0.700. The van der Waals surface area contributed by atoms with Crippen LogP contribution in [0.15, 0.2) is 0 Å².